The fourth-order valence-electron chi connectivity index (χ4n) is 8.33. The number of hydrogen-bond acceptors (Lipinski definition) is 6. The van der Waals surface area contributed by atoms with Crippen molar-refractivity contribution in [1.82, 2.24) is 15.7 Å². The molecule has 3 saturated carbocycles. The number of aliphatic hydroxyl groups excluding tert-OH is 2. The molecule has 2 saturated heterocycles. The molecule has 0 aromatic rings. The van der Waals surface area contributed by atoms with Crippen molar-refractivity contribution >= 4 is 17.5 Å². The van der Waals surface area contributed by atoms with E-state index in [0.717, 1.165) is 70.3 Å². The van der Waals surface area contributed by atoms with E-state index in [1.54, 1.807) is 12.0 Å². The van der Waals surface area contributed by atoms with Crippen molar-refractivity contribution in [2.24, 2.45) is 35.5 Å². The lowest BCUT2D eigenvalue weighted by Crippen LogP contribution is -2.49. The smallest absolute Gasteiger partial charge is 0.240 e. The van der Waals surface area contributed by atoms with Gasteiger partial charge in [0, 0.05) is 42.3 Å². The summed E-state index contributed by atoms with van der Waals surface area (Å²) >= 11 is 6.27. The summed E-state index contributed by atoms with van der Waals surface area (Å²) in [6, 6.07) is 0.0642. The summed E-state index contributed by atoms with van der Waals surface area (Å²) in [5, 5.41) is 29.7. The van der Waals surface area contributed by atoms with Crippen molar-refractivity contribution in [1.29, 1.82) is 0 Å². The number of carbonyl (C=O) groups excluding carboxylic acids is 1. The highest BCUT2D eigenvalue weighted by Gasteiger charge is 2.49. The fraction of sp³-hybridized carbons (Fsp3) is 0.906. The first-order chi connectivity index (χ1) is 19.4. The number of hydrogen-bond donors (Lipinski definition) is 4. The van der Waals surface area contributed by atoms with Crippen LogP contribution in [0.25, 0.3) is 0 Å². The van der Waals surface area contributed by atoms with Gasteiger partial charge in [-0.25, -0.2) is 0 Å². The van der Waals surface area contributed by atoms with Gasteiger partial charge in [-0.3, -0.25) is 9.63 Å². The Morgan fingerprint density at radius 1 is 1.07 bits per heavy atom. The minimum atomic E-state index is -0.765. The highest BCUT2D eigenvalue weighted by atomic mass is 35.5. The van der Waals surface area contributed by atoms with E-state index in [2.05, 4.69) is 22.5 Å². The number of halogens is 1. The van der Waals surface area contributed by atoms with Crippen LogP contribution in [0.1, 0.15) is 90.4 Å². The number of rotatable bonds is 8. The van der Waals surface area contributed by atoms with Crippen LogP contribution in [0.3, 0.4) is 0 Å². The lowest BCUT2D eigenvalue weighted by molar-refractivity contribution is -0.193. The first kappa shape index (κ1) is 30.6. The van der Waals surface area contributed by atoms with Crippen molar-refractivity contribution in [3.05, 3.63) is 0 Å². The molecule has 3 aliphatic carbocycles. The van der Waals surface area contributed by atoms with Crippen LogP contribution in [0.4, 0.5) is 0 Å². The van der Waals surface area contributed by atoms with Gasteiger partial charge in [0.2, 0.25) is 5.91 Å². The van der Waals surface area contributed by atoms with Gasteiger partial charge in [-0.05, 0) is 95.4 Å². The SMILES string of the molecule is CC(O)[C@H]1ON(CC2CCCC(C#CC3CCC(Cl)CC3)C2)[C@@H](C(=O)NCCC2CNC3CCCCC23)[C@H]1CO. The number of carbonyl (C=O) groups is 1. The molecule has 5 aliphatic rings. The lowest BCUT2D eigenvalue weighted by atomic mass is 9.79. The fourth-order valence-corrected chi connectivity index (χ4v) is 8.58. The zero-order valence-electron chi connectivity index (χ0n) is 24.4. The summed E-state index contributed by atoms with van der Waals surface area (Å²) in [5.74, 6) is 9.22. The number of amides is 1. The molecular weight excluding hydrogens is 526 g/mol. The zero-order valence-corrected chi connectivity index (χ0v) is 25.2. The molecule has 8 heteroatoms. The Kier molecular flexibility index (Phi) is 11.1. The highest BCUT2D eigenvalue weighted by molar-refractivity contribution is 6.20. The quantitative estimate of drug-likeness (QED) is 0.259. The Morgan fingerprint density at radius 3 is 2.62 bits per heavy atom. The molecule has 0 aromatic heterocycles. The van der Waals surface area contributed by atoms with Gasteiger partial charge in [-0.1, -0.05) is 31.1 Å². The zero-order chi connectivity index (χ0) is 28.1. The van der Waals surface area contributed by atoms with Gasteiger partial charge < -0.3 is 20.8 Å². The maximum atomic E-state index is 13.6. The van der Waals surface area contributed by atoms with Crippen molar-refractivity contribution in [2.75, 3.05) is 26.2 Å². The predicted octanol–water partition coefficient (Wildman–Crippen LogP) is 3.85. The first-order valence-corrected chi connectivity index (χ1v) is 16.7. The molecule has 5 fully saturated rings. The number of nitrogens with zero attached hydrogens (tertiary/aromatic N) is 1. The highest BCUT2D eigenvalue weighted by Crippen LogP contribution is 2.37. The Labute approximate surface area is 246 Å². The van der Waals surface area contributed by atoms with Gasteiger partial charge >= 0.3 is 0 Å². The molecule has 0 aromatic carbocycles. The predicted molar refractivity (Wildman–Crippen MR) is 157 cm³/mol. The molecule has 2 heterocycles. The summed E-state index contributed by atoms with van der Waals surface area (Å²) in [7, 11) is 0. The van der Waals surface area contributed by atoms with Crippen LogP contribution >= 0.6 is 11.6 Å². The molecule has 7 nitrogen and oxygen atoms in total. The number of hydroxylamine groups is 2. The number of alkyl halides is 1. The Bertz CT molecular complexity index is 885. The molecule has 4 N–H and O–H groups in total. The van der Waals surface area contributed by atoms with Crippen LogP contribution in [-0.4, -0.2) is 77.1 Å². The van der Waals surface area contributed by atoms with Crippen molar-refractivity contribution in [3.63, 3.8) is 0 Å². The molecule has 6 unspecified atom stereocenters. The molecule has 0 bridgehead atoms. The van der Waals surface area contributed by atoms with E-state index in [1.165, 1.54) is 25.7 Å². The molecule has 2 aliphatic heterocycles. The van der Waals surface area contributed by atoms with Crippen LogP contribution < -0.4 is 10.6 Å². The molecule has 226 valence electrons. The van der Waals surface area contributed by atoms with Crippen molar-refractivity contribution in [3.8, 4) is 11.8 Å². The van der Waals surface area contributed by atoms with Crippen LogP contribution in [-0.2, 0) is 9.63 Å². The molecular formula is C32H52ClN3O4. The molecule has 0 spiro atoms. The van der Waals surface area contributed by atoms with Gasteiger partial charge in [0.25, 0.3) is 0 Å². The first-order valence-electron chi connectivity index (χ1n) is 16.3. The van der Waals surface area contributed by atoms with Crippen molar-refractivity contribution < 1.29 is 19.8 Å². The maximum Gasteiger partial charge on any atom is 0.240 e. The second kappa shape index (κ2) is 14.5. The monoisotopic (exact) mass is 577 g/mol. The lowest BCUT2D eigenvalue weighted by Gasteiger charge is -2.32. The number of fused-ring (bicyclic) bond motifs is 1. The van der Waals surface area contributed by atoms with Gasteiger partial charge in [-0.2, -0.15) is 5.06 Å². The average Bonchev–Trinajstić information content (AvgIpc) is 3.54. The van der Waals surface area contributed by atoms with E-state index in [-0.39, 0.29) is 12.5 Å². The average molecular weight is 578 g/mol. The van der Waals surface area contributed by atoms with Gasteiger partial charge in [0.05, 0.1) is 12.7 Å². The topological polar surface area (TPSA) is 94.1 Å². The van der Waals surface area contributed by atoms with Crippen LogP contribution in [0.15, 0.2) is 0 Å². The molecule has 40 heavy (non-hydrogen) atoms. The summed E-state index contributed by atoms with van der Waals surface area (Å²) in [6.07, 6.45) is 13.6. The standard InChI is InChI=1S/C32H52ClN3O4/c1-21(38)31-28(20-37)30(32(39)34-16-15-25-18-35-29-8-3-2-7-27(25)29)36(40-31)19-24-6-4-5-23(17-24)10-9-22-11-13-26(33)14-12-22/h21-31,35,37-38H,2-8,11-20H2,1H3,(H,34,39)/t21?,22?,23?,24?,25?,26?,27?,28-,29?,30-,31-/m1/s1. The van der Waals surface area contributed by atoms with Gasteiger partial charge in [0.15, 0.2) is 0 Å². The molecule has 5 rings (SSSR count). The van der Waals surface area contributed by atoms with Crippen LogP contribution in [0.2, 0.25) is 0 Å². The Morgan fingerprint density at radius 2 is 1.85 bits per heavy atom. The number of aliphatic hydroxyl groups is 2. The van der Waals surface area contributed by atoms with Gasteiger partial charge in [0.1, 0.15) is 12.1 Å². The summed E-state index contributed by atoms with van der Waals surface area (Å²) < 4.78 is 0. The van der Waals surface area contributed by atoms with Crippen LogP contribution in [0.5, 0.6) is 0 Å². The third kappa shape index (κ3) is 7.54. The van der Waals surface area contributed by atoms with E-state index in [1.807, 2.05) is 0 Å². The van der Waals surface area contributed by atoms with Crippen LogP contribution in [0, 0.1) is 47.3 Å². The summed E-state index contributed by atoms with van der Waals surface area (Å²) in [5.41, 5.74) is 0. The normalized spacial score (nSPS) is 41.1. The third-order valence-corrected chi connectivity index (χ3v) is 11.0. The van der Waals surface area contributed by atoms with E-state index >= 15 is 0 Å². The minimum absolute atomic E-state index is 0.0876. The molecule has 9 atom stereocenters. The van der Waals surface area contributed by atoms with Crippen molar-refractivity contribution in [2.45, 2.75) is 120 Å². The molecule has 0 radical (unpaired) electrons. The Hall–Kier alpha value is -0.880. The largest absolute Gasteiger partial charge is 0.396 e. The second-order valence-corrected chi connectivity index (χ2v) is 14.1. The molecule has 1 amide bonds. The van der Waals surface area contributed by atoms with E-state index in [4.69, 9.17) is 16.4 Å². The second-order valence-electron chi connectivity index (χ2n) is 13.5. The maximum absolute atomic E-state index is 13.6. The summed E-state index contributed by atoms with van der Waals surface area (Å²) in [6.45, 7) is 3.81. The third-order valence-electron chi connectivity index (χ3n) is 10.6. The summed E-state index contributed by atoms with van der Waals surface area (Å²) in [4.78, 5) is 19.8. The van der Waals surface area contributed by atoms with E-state index < -0.39 is 24.2 Å². The minimum Gasteiger partial charge on any atom is -0.396 e. The number of nitrogens with one attached hydrogen (secondary N) is 2. The van der Waals surface area contributed by atoms with Gasteiger partial charge in [-0.15, -0.1) is 11.6 Å². The van der Waals surface area contributed by atoms with E-state index in [9.17, 15) is 15.0 Å². The Balaban J connectivity index is 1.17. The van der Waals surface area contributed by atoms with E-state index in [0.29, 0.717) is 48.2 Å².